The van der Waals surface area contributed by atoms with Crippen LogP contribution >= 0.6 is 0 Å². The molecule has 0 amide bonds. The summed E-state index contributed by atoms with van der Waals surface area (Å²) in [6.45, 7) is -1.37. The summed E-state index contributed by atoms with van der Waals surface area (Å²) in [6.07, 6.45) is 0.602. The van der Waals surface area contributed by atoms with Gasteiger partial charge in [0.2, 0.25) is 0 Å². The minimum atomic E-state index is -3.08. The number of carbonyl (C=O) groups is 2. The number of aryl methyl sites for hydroxylation is 1. The van der Waals surface area contributed by atoms with Crippen molar-refractivity contribution >= 4 is 18.7 Å². The van der Waals surface area contributed by atoms with Gasteiger partial charge in [0, 0.05) is 25.7 Å². The van der Waals surface area contributed by atoms with Gasteiger partial charge in [0.05, 0.1) is 5.75 Å². The van der Waals surface area contributed by atoms with Gasteiger partial charge in [-0.15, -0.1) is 0 Å². The fraction of sp³-hybridized carbons (Fsp3) is 0.529. The molecule has 2 fully saturated rings. The number of ether oxygens (including phenoxy) is 1. The smallest absolute Gasteiger partial charge is 0.430 e. The van der Waals surface area contributed by atoms with E-state index in [1.165, 1.54) is 0 Å². The van der Waals surface area contributed by atoms with E-state index in [0.29, 0.717) is 38.0 Å². The summed E-state index contributed by atoms with van der Waals surface area (Å²) >= 11 is 0. The van der Waals surface area contributed by atoms with E-state index in [-0.39, 0.29) is 35.5 Å². The third-order valence-electron chi connectivity index (χ3n) is 5.60. The number of fused-ring (bicyclic) bond motifs is 1. The van der Waals surface area contributed by atoms with Gasteiger partial charge in [0.15, 0.2) is 0 Å². The molecule has 10 nitrogen and oxygen atoms in total. The summed E-state index contributed by atoms with van der Waals surface area (Å²) in [4.78, 5) is 24.9. The van der Waals surface area contributed by atoms with Gasteiger partial charge in [-0.3, -0.25) is 9.69 Å². The number of hydrogen-bond acceptors (Lipinski definition) is 8. The minimum Gasteiger partial charge on any atom is -0.669 e. The number of aromatic carboxylic acids is 1. The SMILES string of the molecule is O=C(O)c1c(OC2CN([C@H]3CN[C@H](C(=O)O)C3)C2)ccc2c1O[B-](O)(O)CC2. The number of hydrogen-bond donors (Lipinski definition) is 5. The third kappa shape index (κ3) is 3.53. The fourth-order valence-electron chi connectivity index (χ4n) is 4.04. The van der Waals surface area contributed by atoms with Crippen molar-refractivity contribution in [1.29, 1.82) is 0 Å². The summed E-state index contributed by atoms with van der Waals surface area (Å²) in [5, 5.41) is 41.2. The summed E-state index contributed by atoms with van der Waals surface area (Å²) in [6, 6.07) is 2.82. The molecule has 4 rings (SSSR count). The Morgan fingerprint density at radius 2 is 2.00 bits per heavy atom. The molecule has 3 aliphatic heterocycles. The molecule has 1 aromatic rings. The van der Waals surface area contributed by atoms with E-state index < -0.39 is 24.7 Å². The lowest BCUT2D eigenvalue weighted by atomic mass is 9.70. The molecule has 2 atom stereocenters. The average molecular weight is 393 g/mol. The van der Waals surface area contributed by atoms with Crippen molar-refractivity contribution in [2.45, 2.75) is 37.3 Å². The van der Waals surface area contributed by atoms with E-state index >= 15 is 0 Å². The molecule has 3 aliphatic rings. The lowest BCUT2D eigenvalue weighted by Crippen LogP contribution is -2.58. The summed E-state index contributed by atoms with van der Waals surface area (Å²) < 4.78 is 11.0. The molecule has 0 aliphatic carbocycles. The lowest BCUT2D eigenvalue weighted by molar-refractivity contribution is -0.139. The Morgan fingerprint density at radius 3 is 2.64 bits per heavy atom. The molecule has 0 radical (unpaired) electrons. The second kappa shape index (κ2) is 6.92. The molecule has 5 N–H and O–H groups in total. The van der Waals surface area contributed by atoms with Crippen LogP contribution in [0.4, 0.5) is 0 Å². The van der Waals surface area contributed by atoms with Crippen LogP contribution in [0.15, 0.2) is 12.1 Å². The van der Waals surface area contributed by atoms with Crippen molar-refractivity contribution in [3.8, 4) is 11.5 Å². The van der Waals surface area contributed by atoms with Crippen LogP contribution in [0.1, 0.15) is 22.3 Å². The Kier molecular flexibility index (Phi) is 4.70. The Labute approximate surface area is 160 Å². The van der Waals surface area contributed by atoms with Crippen LogP contribution in [0.25, 0.3) is 0 Å². The predicted molar refractivity (Wildman–Crippen MR) is 96.6 cm³/mol. The van der Waals surface area contributed by atoms with Crippen LogP contribution in [0.2, 0.25) is 6.32 Å². The number of nitrogens with zero attached hydrogens (tertiary/aromatic N) is 1. The number of nitrogens with one attached hydrogen (secondary N) is 1. The van der Waals surface area contributed by atoms with Crippen molar-refractivity contribution in [2.75, 3.05) is 19.6 Å². The van der Waals surface area contributed by atoms with Gasteiger partial charge in [-0.05, 0) is 24.5 Å². The standard InChI is InChI=1S/C17H22BN2O8/c21-16(22)12-5-10(6-19-12)20-7-11(8-20)27-13-2-1-9-3-4-18(25,26)28-15(9)14(13)17(23)24/h1-2,10-12,19,25-26H,3-8H2,(H,21,22)(H,23,24)/q-1/t10-,12+/m1/s1. The third-order valence-corrected chi connectivity index (χ3v) is 5.60. The monoisotopic (exact) mass is 393 g/mol. The van der Waals surface area contributed by atoms with Crippen LogP contribution < -0.4 is 14.7 Å². The topological polar surface area (TPSA) is 149 Å². The van der Waals surface area contributed by atoms with Crippen molar-refractivity contribution in [3.63, 3.8) is 0 Å². The first-order valence-electron chi connectivity index (χ1n) is 9.29. The van der Waals surface area contributed by atoms with E-state index in [2.05, 4.69) is 10.2 Å². The van der Waals surface area contributed by atoms with Gasteiger partial charge in [-0.25, -0.2) is 4.79 Å². The quantitative estimate of drug-likeness (QED) is 0.399. The lowest BCUT2D eigenvalue weighted by Gasteiger charge is -2.43. The van der Waals surface area contributed by atoms with Crippen molar-refractivity contribution in [1.82, 2.24) is 10.2 Å². The summed E-state index contributed by atoms with van der Waals surface area (Å²) in [7, 11) is 0. The number of carboxylic acid groups (broad SMARTS) is 2. The number of carboxylic acids is 2. The molecule has 1 aromatic carbocycles. The van der Waals surface area contributed by atoms with Crippen molar-refractivity contribution in [3.05, 3.63) is 23.3 Å². The largest absolute Gasteiger partial charge is 0.669 e. The van der Waals surface area contributed by atoms with Crippen LogP contribution in [0.5, 0.6) is 11.5 Å². The first-order valence-corrected chi connectivity index (χ1v) is 9.29. The Bertz CT molecular complexity index is 811. The Balaban J connectivity index is 1.44. The molecule has 0 saturated carbocycles. The zero-order valence-electron chi connectivity index (χ0n) is 15.1. The highest BCUT2D eigenvalue weighted by atomic mass is 16.6. The number of benzene rings is 1. The number of likely N-dealkylation sites (tertiary alicyclic amines) is 1. The maximum atomic E-state index is 11.8. The maximum absolute atomic E-state index is 11.8. The molecule has 152 valence electrons. The van der Waals surface area contributed by atoms with Crippen molar-refractivity contribution < 1.29 is 39.2 Å². The highest BCUT2D eigenvalue weighted by molar-refractivity contribution is 6.59. The molecular formula is C17H22BN2O8-. The van der Waals surface area contributed by atoms with Crippen LogP contribution in [-0.4, -0.2) is 81.7 Å². The first kappa shape index (κ1) is 19.0. The number of aliphatic carboxylic acids is 1. The van der Waals surface area contributed by atoms with E-state index in [0.717, 1.165) is 0 Å². The molecule has 0 unspecified atom stereocenters. The Hall–Kier alpha value is -2.34. The second-order valence-corrected chi connectivity index (χ2v) is 7.63. The van der Waals surface area contributed by atoms with Gasteiger partial charge < -0.3 is 35.0 Å². The number of rotatable bonds is 5. The van der Waals surface area contributed by atoms with Gasteiger partial charge in [-0.1, -0.05) is 12.4 Å². The average Bonchev–Trinajstić information content (AvgIpc) is 3.05. The zero-order chi connectivity index (χ0) is 20.1. The van der Waals surface area contributed by atoms with Crippen LogP contribution in [0.3, 0.4) is 0 Å². The van der Waals surface area contributed by atoms with Crippen LogP contribution in [0, 0.1) is 0 Å². The second-order valence-electron chi connectivity index (χ2n) is 7.63. The van der Waals surface area contributed by atoms with Gasteiger partial charge in [-0.2, -0.15) is 0 Å². The van der Waals surface area contributed by atoms with Crippen LogP contribution in [-0.2, 0) is 11.2 Å². The molecule has 0 spiro atoms. The normalized spacial score (nSPS) is 26.8. The molecule has 2 saturated heterocycles. The highest BCUT2D eigenvalue weighted by Gasteiger charge is 2.40. The minimum absolute atomic E-state index is 0.0105. The van der Waals surface area contributed by atoms with E-state index in [4.69, 9.17) is 14.5 Å². The van der Waals surface area contributed by atoms with E-state index in [1.807, 2.05) is 0 Å². The van der Waals surface area contributed by atoms with Gasteiger partial charge in [0.1, 0.15) is 23.5 Å². The molecule has 0 aromatic heterocycles. The summed E-state index contributed by atoms with van der Waals surface area (Å²) in [5.74, 6) is -2.05. The fourth-order valence-corrected chi connectivity index (χ4v) is 4.04. The molecule has 28 heavy (non-hydrogen) atoms. The maximum Gasteiger partial charge on any atom is 0.430 e. The highest BCUT2D eigenvalue weighted by Crippen LogP contribution is 2.39. The Morgan fingerprint density at radius 1 is 1.25 bits per heavy atom. The molecular weight excluding hydrogens is 371 g/mol. The van der Waals surface area contributed by atoms with E-state index in [9.17, 15) is 24.7 Å². The molecule has 11 heteroatoms. The van der Waals surface area contributed by atoms with E-state index in [1.54, 1.807) is 12.1 Å². The predicted octanol–water partition coefficient (Wildman–Crippen LogP) is -0.879. The van der Waals surface area contributed by atoms with Crippen molar-refractivity contribution in [2.24, 2.45) is 0 Å². The first-order chi connectivity index (χ1) is 13.2. The molecule has 3 heterocycles. The molecule has 0 bridgehead atoms. The van der Waals surface area contributed by atoms with Gasteiger partial charge >= 0.3 is 18.7 Å². The van der Waals surface area contributed by atoms with Gasteiger partial charge in [0.25, 0.3) is 0 Å². The zero-order valence-corrected chi connectivity index (χ0v) is 15.1. The summed E-state index contributed by atoms with van der Waals surface area (Å²) in [5.41, 5.74) is 0.385.